The molecule has 2 aromatic carbocycles. The van der Waals surface area contributed by atoms with E-state index < -0.39 is 16.1 Å². The van der Waals surface area contributed by atoms with Crippen molar-refractivity contribution < 1.29 is 13.2 Å². The van der Waals surface area contributed by atoms with Gasteiger partial charge in [-0.3, -0.25) is 4.98 Å². The third-order valence-corrected chi connectivity index (χ3v) is 7.27. The second kappa shape index (κ2) is 9.92. The first-order valence-electron chi connectivity index (χ1n) is 11.5. The van der Waals surface area contributed by atoms with Gasteiger partial charge < -0.3 is 10.5 Å². The highest BCUT2D eigenvalue weighted by molar-refractivity contribution is 7.89. The first-order valence-corrected chi connectivity index (χ1v) is 13.0. The quantitative estimate of drug-likeness (QED) is 0.328. The molecule has 5 aromatic rings. The van der Waals surface area contributed by atoms with Crippen molar-refractivity contribution in [3.8, 4) is 28.4 Å². The van der Waals surface area contributed by atoms with Gasteiger partial charge in [-0.1, -0.05) is 48.5 Å². The number of pyridine rings is 2. The second-order valence-corrected chi connectivity index (χ2v) is 9.97. The maximum Gasteiger partial charge on any atom is 0.262 e. The van der Waals surface area contributed by atoms with Crippen LogP contribution in [0.3, 0.4) is 0 Å². The molecule has 0 saturated heterocycles. The lowest BCUT2D eigenvalue weighted by Gasteiger charge is -2.17. The van der Waals surface area contributed by atoms with Gasteiger partial charge in [-0.05, 0) is 31.2 Å². The molecular formula is C27H24N6O3S. The van der Waals surface area contributed by atoms with Crippen LogP contribution in [-0.4, -0.2) is 35.5 Å². The van der Waals surface area contributed by atoms with Gasteiger partial charge >= 0.3 is 0 Å². The number of aromatic nitrogens is 4. The molecule has 0 aliphatic rings. The second-order valence-electron chi connectivity index (χ2n) is 8.34. The Balaban J connectivity index is 1.62. The number of nitrogens with zero attached hydrogens (tertiary/aromatic N) is 4. The molecule has 0 saturated carbocycles. The molecule has 0 spiro atoms. The molecule has 1 unspecified atom stereocenters. The van der Waals surface area contributed by atoms with Crippen molar-refractivity contribution in [1.29, 1.82) is 0 Å². The standard InChI is InChI=1S/C27H24N6O3S/c1-17(21-11-6-12-23(30-21)36-2)33-37(34,35)27-26(28)31-24(18-8-4-3-5-9-18)25(32-27)20-13-14-22-19(16-20)10-7-15-29-22/h3-17,33H,1-2H3,(H2,28,31). The van der Waals surface area contributed by atoms with Crippen molar-refractivity contribution in [2.45, 2.75) is 18.0 Å². The molecule has 10 heteroatoms. The summed E-state index contributed by atoms with van der Waals surface area (Å²) in [6.45, 7) is 1.68. The number of nitrogens with two attached hydrogens (primary N) is 1. The van der Waals surface area contributed by atoms with Gasteiger partial charge in [0.25, 0.3) is 10.0 Å². The summed E-state index contributed by atoms with van der Waals surface area (Å²) in [5, 5.41) is 0.529. The minimum atomic E-state index is -4.17. The number of nitrogen functional groups attached to an aromatic ring is 1. The summed E-state index contributed by atoms with van der Waals surface area (Å²) >= 11 is 0. The van der Waals surface area contributed by atoms with E-state index in [1.807, 2.05) is 60.7 Å². The van der Waals surface area contributed by atoms with Gasteiger partial charge in [-0.2, -0.15) is 0 Å². The fourth-order valence-corrected chi connectivity index (χ4v) is 5.22. The van der Waals surface area contributed by atoms with Gasteiger partial charge in [0, 0.05) is 28.8 Å². The zero-order chi connectivity index (χ0) is 26.0. The van der Waals surface area contributed by atoms with E-state index in [-0.39, 0.29) is 10.8 Å². The molecule has 1 atom stereocenters. The summed E-state index contributed by atoms with van der Waals surface area (Å²) in [7, 11) is -2.68. The maximum atomic E-state index is 13.5. The molecule has 0 amide bonds. The summed E-state index contributed by atoms with van der Waals surface area (Å²) in [5.74, 6) is 0.173. The smallest absolute Gasteiger partial charge is 0.262 e. The molecule has 0 fully saturated rings. The van der Waals surface area contributed by atoms with Crippen LogP contribution in [0.4, 0.5) is 5.82 Å². The number of nitrogens with one attached hydrogen (secondary N) is 1. The van der Waals surface area contributed by atoms with Crippen LogP contribution in [0.25, 0.3) is 33.4 Å². The van der Waals surface area contributed by atoms with Crippen molar-refractivity contribution in [2.24, 2.45) is 0 Å². The van der Waals surface area contributed by atoms with E-state index in [0.717, 1.165) is 16.5 Å². The fourth-order valence-electron chi connectivity index (χ4n) is 3.99. The number of ether oxygens (including phenoxy) is 1. The van der Waals surface area contributed by atoms with Gasteiger partial charge in [0.05, 0.1) is 35.8 Å². The molecule has 37 heavy (non-hydrogen) atoms. The maximum absolute atomic E-state index is 13.5. The number of anilines is 1. The Bertz CT molecular complexity index is 1690. The Labute approximate surface area is 214 Å². The van der Waals surface area contributed by atoms with Gasteiger partial charge in [0.1, 0.15) is 0 Å². The van der Waals surface area contributed by atoms with Crippen LogP contribution in [0, 0.1) is 0 Å². The number of methoxy groups -OCH3 is 1. The van der Waals surface area contributed by atoms with Crippen molar-refractivity contribution >= 4 is 26.7 Å². The topological polar surface area (TPSA) is 133 Å². The average Bonchev–Trinajstić information content (AvgIpc) is 2.92. The largest absolute Gasteiger partial charge is 0.481 e. The Morgan fingerprint density at radius 3 is 2.43 bits per heavy atom. The summed E-state index contributed by atoms with van der Waals surface area (Å²) < 4.78 is 34.7. The molecule has 0 aliphatic heterocycles. The van der Waals surface area contributed by atoms with Gasteiger partial charge in [-0.15, -0.1) is 0 Å². The van der Waals surface area contributed by atoms with Crippen molar-refractivity contribution in [3.05, 3.63) is 90.8 Å². The fraction of sp³-hybridized carbons (Fsp3) is 0.111. The van der Waals surface area contributed by atoms with E-state index in [1.165, 1.54) is 7.11 Å². The predicted molar refractivity (Wildman–Crippen MR) is 142 cm³/mol. The Morgan fingerprint density at radius 1 is 0.865 bits per heavy atom. The summed E-state index contributed by atoms with van der Waals surface area (Å²) in [5.41, 5.74) is 9.80. The van der Waals surface area contributed by atoms with Gasteiger partial charge in [0.2, 0.25) is 10.9 Å². The number of benzene rings is 2. The van der Waals surface area contributed by atoms with E-state index in [9.17, 15) is 8.42 Å². The molecule has 3 heterocycles. The van der Waals surface area contributed by atoms with Crippen molar-refractivity contribution in [1.82, 2.24) is 24.7 Å². The number of rotatable bonds is 7. The normalized spacial score (nSPS) is 12.4. The van der Waals surface area contributed by atoms with E-state index in [0.29, 0.717) is 28.5 Å². The van der Waals surface area contributed by atoms with E-state index in [4.69, 9.17) is 10.5 Å². The number of hydrogen-bond donors (Lipinski definition) is 2. The number of sulfonamides is 1. The van der Waals surface area contributed by atoms with Crippen LogP contribution >= 0.6 is 0 Å². The zero-order valence-corrected chi connectivity index (χ0v) is 21.0. The van der Waals surface area contributed by atoms with Crippen molar-refractivity contribution in [3.63, 3.8) is 0 Å². The summed E-state index contributed by atoms with van der Waals surface area (Å²) in [6, 6.07) is 23.2. The average molecular weight is 513 g/mol. The number of hydrogen-bond acceptors (Lipinski definition) is 8. The molecule has 9 nitrogen and oxygen atoms in total. The molecular weight excluding hydrogens is 488 g/mol. The van der Waals surface area contributed by atoms with Crippen LogP contribution in [0.2, 0.25) is 0 Å². The lowest BCUT2D eigenvalue weighted by molar-refractivity contribution is 0.394. The zero-order valence-electron chi connectivity index (χ0n) is 20.2. The van der Waals surface area contributed by atoms with E-state index >= 15 is 0 Å². The van der Waals surface area contributed by atoms with Crippen LogP contribution in [0.5, 0.6) is 5.88 Å². The lowest BCUT2D eigenvalue weighted by atomic mass is 10.0. The Kier molecular flexibility index (Phi) is 6.51. The van der Waals surface area contributed by atoms with Gasteiger partial charge in [-0.25, -0.2) is 28.1 Å². The predicted octanol–water partition coefficient (Wildman–Crippen LogP) is 4.38. The lowest BCUT2D eigenvalue weighted by Crippen LogP contribution is -2.29. The summed E-state index contributed by atoms with van der Waals surface area (Å²) in [6.07, 6.45) is 1.72. The van der Waals surface area contributed by atoms with E-state index in [2.05, 4.69) is 24.7 Å². The van der Waals surface area contributed by atoms with Gasteiger partial charge in [0.15, 0.2) is 5.82 Å². The highest BCUT2D eigenvalue weighted by Crippen LogP contribution is 2.33. The Hall–Kier alpha value is -4.41. The number of fused-ring (bicyclic) bond motifs is 1. The van der Waals surface area contributed by atoms with Crippen LogP contribution in [-0.2, 0) is 10.0 Å². The van der Waals surface area contributed by atoms with Crippen molar-refractivity contribution in [2.75, 3.05) is 12.8 Å². The highest BCUT2D eigenvalue weighted by Gasteiger charge is 2.27. The minimum Gasteiger partial charge on any atom is -0.481 e. The first-order chi connectivity index (χ1) is 17.9. The molecule has 0 aliphatic carbocycles. The first kappa shape index (κ1) is 24.3. The van der Waals surface area contributed by atoms with E-state index in [1.54, 1.807) is 31.3 Å². The van der Waals surface area contributed by atoms with Crippen LogP contribution in [0.15, 0.2) is 90.1 Å². The molecule has 3 N–H and O–H groups in total. The highest BCUT2D eigenvalue weighted by atomic mass is 32.2. The molecule has 186 valence electrons. The third-order valence-electron chi connectivity index (χ3n) is 5.80. The molecule has 5 rings (SSSR count). The minimum absolute atomic E-state index is 0.205. The van der Waals surface area contributed by atoms with Crippen LogP contribution < -0.4 is 15.2 Å². The molecule has 0 radical (unpaired) electrons. The van der Waals surface area contributed by atoms with Crippen LogP contribution in [0.1, 0.15) is 18.7 Å². The SMILES string of the molecule is COc1cccc(C(C)NS(=O)(=O)c2nc(-c3ccc4ncccc4c3)c(-c3ccccc3)nc2N)n1. The monoisotopic (exact) mass is 512 g/mol. The summed E-state index contributed by atoms with van der Waals surface area (Å²) in [4.78, 5) is 17.8. The molecule has 3 aromatic heterocycles. The third kappa shape index (κ3) is 4.97. The molecule has 0 bridgehead atoms. The Morgan fingerprint density at radius 2 is 1.65 bits per heavy atom.